The monoisotopic (exact) mass is 498 g/mol. The number of sulfonamides is 1. The first-order chi connectivity index (χ1) is 17.0. The highest BCUT2D eigenvalue weighted by Gasteiger charge is 2.52. The number of hydrogen-bond acceptors (Lipinski definition) is 7. The van der Waals surface area contributed by atoms with Gasteiger partial charge in [-0.2, -0.15) is 9.57 Å². The van der Waals surface area contributed by atoms with E-state index in [1.165, 1.54) is 6.42 Å². The van der Waals surface area contributed by atoms with Gasteiger partial charge in [-0.25, -0.2) is 18.9 Å². The van der Waals surface area contributed by atoms with Crippen LogP contribution >= 0.6 is 0 Å². The number of benzene rings is 1. The van der Waals surface area contributed by atoms with Crippen molar-refractivity contribution in [1.29, 1.82) is 5.26 Å². The minimum Gasteiger partial charge on any atom is -0.368 e. The van der Waals surface area contributed by atoms with Crippen LogP contribution in [-0.4, -0.2) is 54.5 Å². The average molecular weight is 499 g/mol. The number of nitrogens with one attached hydrogen (secondary N) is 3. The summed E-state index contributed by atoms with van der Waals surface area (Å²) in [5.41, 5.74) is 5.17. The first kappa shape index (κ1) is 23.2. The number of nitriles is 1. The molecule has 6 rings (SSSR count). The second-order valence-electron chi connectivity index (χ2n) is 10.8. The Hall–Kier alpha value is -2.19. The number of amides is 1. The topological polar surface area (TPSA) is 118 Å². The van der Waals surface area contributed by atoms with Crippen molar-refractivity contribution in [2.45, 2.75) is 93.5 Å². The van der Waals surface area contributed by atoms with E-state index in [0.717, 1.165) is 56.2 Å². The lowest BCUT2D eigenvalue weighted by molar-refractivity contribution is -0.128. The predicted molar refractivity (Wildman–Crippen MR) is 130 cm³/mol. The van der Waals surface area contributed by atoms with Gasteiger partial charge in [0.25, 0.3) is 0 Å². The second-order valence-corrected chi connectivity index (χ2v) is 12.6. The molecule has 5 aliphatic rings. The zero-order chi connectivity index (χ0) is 24.2. The molecule has 0 aromatic heterocycles. The number of nitrogens with zero attached hydrogens (tertiary/aromatic N) is 3. The molecule has 2 saturated heterocycles. The summed E-state index contributed by atoms with van der Waals surface area (Å²) >= 11 is 0. The van der Waals surface area contributed by atoms with E-state index >= 15 is 0 Å². The number of hydrogen-bond donors (Lipinski definition) is 3. The highest BCUT2D eigenvalue weighted by atomic mass is 32.2. The Morgan fingerprint density at radius 1 is 1.14 bits per heavy atom. The van der Waals surface area contributed by atoms with Gasteiger partial charge in [0.1, 0.15) is 6.17 Å². The lowest BCUT2D eigenvalue weighted by Crippen LogP contribution is -2.52. The van der Waals surface area contributed by atoms with E-state index < -0.39 is 10.0 Å². The molecule has 1 aromatic rings. The molecule has 0 spiro atoms. The fourth-order valence-electron chi connectivity index (χ4n) is 6.67. The fraction of sp³-hybridized carbons (Fsp3) is 0.680. The van der Waals surface area contributed by atoms with Gasteiger partial charge in [-0.3, -0.25) is 4.79 Å². The van der Waals surface area contributed by atoms with Gasteiger partial charge in [0, 0.05) is 36.9 Å². The minimum atomic E-state index is -3.46. The van der Waals surface area contributed by atoms with E-state index in [1.54, 1.807) is 10.4 Å². The lowest BCUT2D eigenvalue weighted by atomic mass is 9.90. The summed E-state index contributed by atoms with van der Waals surface area (Å²) in [6, 6.07) is 8.04. The first-order valence-electron chi connectivity index (χ1n) is 13.1. The normalized spacial score (nSPS) is 31.9. The Morgan fingerprint density at radius 3 is 2.69 bits per heavy atom. The number of carbonyl (C=O) groups is 1. The highest BCUT2D eigenvalue weighted by Crippen LogP contribution is 2.42. The van der Waals surface area contributed by atoms with Crippen LogP contribution in [0.15, 0.2) is 23.1 Å². The van der Waals surface area contributed by atoms with Crippen LogP contribution in [0.1, 0.15) is 63.4 Å². The Kier molecular flexibility index (Phi) is 6.00. The van der Waals surface area contributed by atoms with E-state index in [-0.39, 0.29) is 36.1 Å². The summed E-state index contributed by atoms with van der Waals surface area (Å²) in [6.07, 6.45) is 8.45. The molecular weight excluding hydrogens is 464 g/mol. The van der Waals surface area contributed by atoms with E-state index in [0.29, 0.717) is 30.3 Å². The van der Waals surface area contributed by atoms with E-state index in [1.807, 2.05) is 12.1 Å². The summed E-state index contributed by atoms with van der Waals surface area (Å²) in [6.45, 7) is 1.06. The van der Waals surface area contributed by atoms with Crippen LogP contribution in [0.2, 0.25) is 0 Å². The van der Waals surface area contributed by atoms with Crippen molar-refractivity contribution in [1.82, 2.24) is 20.1 Å². The van der Waals surface area contributed by atoms with Gasteiger partial charge < -0.3 is 10.6 Å². The minimum absolute atomic E-state index is 0.0208. The summed E-state index contributed by atoms with van der Waals surface area (Å²) in [4.78, 5) is 13.3. The smallest absolute Gasteiger partial charge is 0.243 e. The zero-order valence-electron chi connectivity index (χ0n) is 19.9. The molecule has 2 aliphatic carbocycles. The Labute approximate surface area is 207 Å². The largest absolute Gasteiger partial charge is 0.368 e. The van der Waals surface area contributed by atoms with Gasteiger partial charge in [0.15, 0.2) is 0 Å². The van der Waals surface area contributed by atoms with Crippen LogP contribution in [0.25, 0.3) is 0 Å². The predicted octanol–water partition coefficient (Wildman–Crippen LogP) is 2.28. The Balaban J connectivity index is 1.23. The third kappa shape index (κ3) is 4.12. The van der Waals surface area contributed by atoms with Gasteiger partial charge in [0.2, 0.25) is 15.9 Å². The van der Waals surface area contributed by atoms with Crippen LogP contribution in [0.5, 0.6) is 0 Å². The van der Waals surface area contributed by atoms with Crippen molar-refractivity contribution < 1.29 is 13.2 Å². The number of carbonyl (C=O) groups excluding carboxylic acids is 1. The molecule has 3 N–H and O–H groups in total. The number of rotatable bonds is 6. The first-order valence-corrected chi connectivity index (χ1v) is 14.5. The molecule has 2 saturated carbocycles. The number of fused-ring (bicyclic) bond motifs is 2. The third-order valence-electron chi connectivity index (χ3n) is 8.56. The molecule has 10 heteroatoms. The molecule has 188 valence electrons. The number of anilines is 1. The number of hydrazine groups is 1. The van der Waals surface area contributed by atoms with Gasteiger partial charge in [-0.15, -0.1) is 0 Å². The molecule has 35 heavy (non-hydrogen) atoms. The molecule has 4 fully saturated rings. The van der Waals surface area contributed by atoms with Crippen molar-refractivity contribution in [2.24, 2.45) is 11.8 Å². The van der Waals surface area contributed by atoms with Crippen LogP contribution in [-0.2, 0) is 21.4 Å². The fourth-order valence-corrected chi connectivity index (χ4v) is 8.53. The molecule has 1 aromatic carbocycles. The number of piperidine rings is 1. The Morgan fingerprint density at radius 2 is 1.94 bits per heavy atom. The van der Waals surface area contributed by atoms with E-state index in [2.05, 4.69) is 27.1 Å². The summed E-state index contributed by atoms with van der Waals surface area (Å²) in [7, 11) is -3.46. The maximum absolute atomic E-state index is 13.2. The maximum Gasteiger partial charge on any atom is 0.243 e. The molecular formula is C25H34N6O3S. The van der Waals surface area contributed by atoms with Crippen LogP contribution in [0, 0.1) is 23.2 Å². The molecule has 3 heterocycles. The van der Waals surface area contributed by atoms with Crippen LogP contribution in [0.3, 0.4) is 0 Å². The quantitative estimate of drug-likeness (QED) is 0.551. The molecule has 3 unspecified atom stereocenters. The zero-order valence-corrected chi connectivity index (χ0v) is 20.8. The molecule has 0 bridgehead atoms. The van der Waals surface area contributed by atoms with Crippen molar-refractivity contribution in [3.05, 3.63) is 23.8 Å². The van der Waals surface area contributed by atoms with Crippen LogP contribution < -0.4 is 16.1 Å². The molecule has 0 radical (unpaired) electrons. The van der Waals surface area contributed by atoms with Gasteiger partial charge in [-0.05, 0) is 61.8 Å². The average Bonchev–Trinajstić information content (AvgIpc) is 3.58. The molecule has 4 atom stereocenters. The Bertz CT molecular complexity index is 1140. The van der Waals surface area contributed by atoms with Crippen molar-refractivity contribution in [2.75, 3.05) is 11.9 Å². The van der Waals surface area contributed by atoms with Crippen molar-refractivity contribution in [3.63, 3.8) is 0 Å². The van der Waals surface area contributed by atoms with Gasteiger partial charge in [0.05, 0.1) is 23.3 Å². The van der Waals surface area contributed by atoms with Crippen LogP contribution in [0.4, 0.5) is 5.69 Å². The third-order valence-corrected chi connectivity index (χ3v) is 10.6. The SMILES string of the molecule is N#CC[C@@H](C1CC1)N1NC(Nc2ccc3c(c2)CN(C2CCCCC2)S3(=O)=O)C2C(=O)NCCC21. The summed E-state index contributed by atoms with van der Waals surface area (Å²) in [5.74, 6) is 0.245. The summed E-state index contributed by atoms with van der Waals surface area (Å²) < 4.78 is 28.2. The van der Waals surface area contributed by atoms with Crippen molar-refractivity contribution >= 4 is 21.6 Å². The van der Waals surface area contributed by atoms with E-state index in [9.17, 15) is 18.5 Å². The van der Waals surface area contributed by atoms with Crippen molar-refractivity contribution in [3.8, 4) is 6.07 Å². The standard InChI is InChI=1S/C25H34N6O3S/c26-12-10-20(16-6-7-16)31-21-11-13-27-25(32)23(21)24(29-31)28-18-8-9-22-17(14-18)15-30(35(22,33)34)19-4-2-1-3-5-19/h8-9,14,16,19-21,23-24,28-29H,1-7,10-11,13,15H2,(H,27,32)/t20-,21?,23?,24?/m0/s1. The second kappa shape index (κ2) is 9.04. The maximum atomic E-state index is 13.2. The molecule has 1 amide bonds. The van der Waals surface area contributed by atoms with Gasteiger partial charge >= 0.3 is 0 Å². The van der Waals surface area contributed by atoms with Gasteiger partial charge in [-0.1, -0.05) is 19.3 Å². The summed E-state index contributed by atoms with van der Waals surface area (Å²) in [5, 5.41) is 18.1. The highest BCUT2D eigenvalue weighted by molar-refractivity contribution is 7.89. The van der Waals surface area contributed by atoms with E-state index in [4.69, 9.17) is 0 Å². The lowest BCUT2D eigenvalue weighted by Gasteiger charge is -2.34. The molecule has 3 aliphatic heterocycles. The molecule has 9 nitrogen and oxygen atoms in total.